The highest BCUT2D eigenvalue weighted by atomic mass is 16.5. The summed E-state index contributed by atoms with van der Waals surface area (Å²) in [6.45, 7) is 3.50. The Labute approximate surface area is 159 Å². The number of carbonyl (C=O) groups excluding carboxylic acids is 1. The molecule has 2 heterocycles. The molecule has 7 nitrogen and oxygen atoms in total. The third-order valence-corrected chi connectivity index (χ3v) is 4.63. The Morgan fingerprint density at radius 2 is 1.93 bits per heavy atom. The van der Waals surface area contributed by atoms with E-state index in [0.717, 1.165) is 18.7 Å². The molecule has 1 unspecified atom stereocenters. The smallest absolute Gasteiger partial charge is 0.251 e. The van der Waals surface area contributed by atoms with E-state index in [2.05, 4.69) is 15.2 Å². The third-order valence-electron chi connectivity index (χ3n) is 4.63. The number of ether oxygens (including phenoxy) is 3. The highest BCUT2D eigenvalue weighted by molar-refractivity contribution is 5.95. The topological polar surface area (TPSA) is 72.9 Å². The average molecular weight is 371 g/mol. The van der Waals surface area contributed by atoms with Crippen LogP contribution in [0.2, 0.25) is 0 Å². The molecule has 0 bridgehead atoms. The molecule has 1 atom stereocenters. The molecular weight excluding hydrogens is 346 g/mol. The van der Waals surface area contributed by atoms with Crippen LogP contribution in [0, 0.1) is 0 Å². The summed E-state index contributed by atoms with van der Waals surface area (Å²) in [6, 6.07) is 9.13. The number of rotatable bonds is 7. The number of hydrogen-bond donors (Lipinski definition) is 1. The highest BCUT2D eigenvalue weighted by Crippen LogP contribution is 2.23. The largest absolute Gasteiger partial charge is 0.497 e. The molecule has 27 heavy (non-hydrogen) atoms. The van der Waals surface area contributed by atoms with E-state index in [1.807, 2.05) is 18.3 Å². The van der Waals surface area contributed by atoms with Gasteiger partial charge in [-0.1, -0.05) is 6.07 Å². The minimum Gasteiger partial charge on any atom is -0.497 e. The van der Waals surface area contributed by atoms with Gasteiger partial charge in [0.1, 0.15) is 11.5 Å². The summed E-state index contributed by atoms with van der Waals surface area (Å²) in [5, 5.41) is 3.04. The van der Waals surface area contributed by atoms with Crippen molar-refractivity contribution < 1.29 is 19.0 Å². The van der Waals surface area contributed by atoms with Crippen molar-refractivity contribution in [1.82, 2.24) is 15.2 Å². The normalized spacial score (nSPS) is 15.8. The minimum atomic E-state index is -0.172. The number of pyridine rings is 1. The van der Waals surface area contributed by atoms with Crippen molar-refractivity contribution in [3.8, 4) is 11.5 Å². The third kappa shape index (κ3) is 4.96. The van der Waals surface area contributed by atoms with Crippen molar-refractivity contribution in [2.24, 2.45) is 0 Å². The maximum absolute atomic E-state index is 12.7. The highest BCUT2D eigenvalue weighted by Gasteiger charge is 2.23. The predicted octanol–water partition coefficient (Wildman–Crippen LogP) is 1.90. The molecule has 2 aromatic rings. The summed E-state index contributed by atoms with van der Waals surface area (Å²) >= 11 is 0. The number of morpholine rings is 1. The Morgan fingerprint density at radius 1 is 1.22 bits per heavy atom. The molecule has 0 spiro atoms. The number of hydrogen-bond acceptors (Lipinski definition) is 6. The molecule has 7 heteroatoms. The van der Waals surface area contributed by atoms with Crippen LogP contribution in [0.15, 0.2) is 42.7 Å². The van der Waals surface area contributed by atoms with Crippen LogP contribution in [0.5, 0.6) is 11.5 Å². The molecule has 1 aliphatic heterocycles. The fourth-order valence-corrected chi connectivity index (χ4v) is 3.15. The Hall–Kier alpha value is -2.64. The average Bonchev–Trinajstić information content (AvgIpc) is 2.74. The van der Waals surface area contributed by atoms with Gasteiger partial charge in [0.05, 0.1) is 33.5 Å². The number of carbonyl (C=O) groups is 1. The van der Waals surface area contributed by atoms with Gasteiger partial charge in [0.15, 0.2) is 0 Å². The van der Waals surface area contributed by atoms with Gasteiger partial charge < -0.3 is 19.5 Å². The molecule has 1 aromatic carbocycles. The summed E-state index contributed by atoms with van der Waals surface area (Å²) in [4.78, 5) is 19.3. The molecule has 0 saturated carbocycles. The number of methoxy groups -OCH3 is 2. The number of nitrogens with zero attached hydrogens (tertiary/aromatic N) is 2. The van der Waals surface area contributed by atoms with Gasteiger partial charge in [-0.25, -0.2) is 0 Å². The SMILES string of the molecule is COc1cc(OC)cc(C(=O)NCC(c2cccnc2)N2CCOCC2)c1. The van der Waals surface area contributed by atoms with Crippen molar-refractivity contribution in [3.05, 3.63) is 53.9 Å². The van der Waals surface area contributed by atoms with E-state index in [-0.39, 0.29) is 11.9 Å². The van der Waals surface area contributed by atoms with Gasteiger partial charge in [0, 0.05) is 43.7 Å². The van der Waals surface area contributed by atoms with Crippen LogP contribution in [0.25, 0.3) is 0 Å². The Bertz CT molecular complexity index is 726. The van der Waals surface area contributed by atoms with Crippen LogP contribution in [-0.4, -0.2) is 62.9 Å². The molecule has 1 fully saturated rings. The molecule has 144 valence electrons. The van der Waals surface area contributed by atoms with Gasteiger partial charge in [-0.2, -0.15) is 0 Å². The molecule has 1 saturated heterocycles. The summed E-state index contributed by atoms with van der Waals surface area (Å²) < 4.78 is 16.0. The lowest BCUT2D eigenvalue weighted by Crippen LogP contribution is -2.43. The first-order valence-electron chi connectivity index (χ1n) is 8.94. The van der Waals surface area contributed by atoms with E-state index >= 15 is 0 Å². The summed E-state index contributed by atoms with van der Waals surface area (Å²) in [7, 11) is 3.13. The Balaban J connectivity index is 1.74. The molecule has 3 rings (SSSR count). The lowest BCUT2D eigenvalue weighted by Gasteiger charge is -2.34. The molecule has 1 aliphatic rings. The fraction of sp³-hybridized carbons (Fsp3) is 0.400. The first-order valence-corrected chi connectivity index (χ1v) is 8.94. The van der Waals surface area contributed by atoms with E-state index in [1.165, 1.54) is 0 Å². The minimum absolute atomic E-state index is 0.0408. The van der Waals surface area contributed by atoms with Crippen LogP contribution >= 0.6 is 0 Å². The van der Waals surface area contributed by atoms with Crippen molar-refractivity contribution in [2.75, 3.05) is 47.1 Å². The first-order chi connectivity index (χ1) is 13.2. The van der Waals surface area contributed by atoms with Crippen molar-refractivity contribution in [3.63, 3.8) is 0 Å². The number of benzene rings is 1. The van der Waals surface area contributed by atoms with Gasteiger partial charge in [0.25, 0.3) is 5.91 Å². The summed E-state index contributed by atoms with van der Waals surface area (Å²) in [6.07, 6.45) is 3.60. The van der Waals surface area contributed by atoms with E-state index in [0.29, 0.717) is 36.8 Å². The molecular formula is C20H25N3O4. The predicted molar refractivity (Wildman–Crippen MR) is 101 cm³/mol. The van der Waals surface area contributed by atoms with Crippen molar-refractivity contribution in [1.29, 1.82) is 0 Å². The van der Waals surface area contributed by atoms with Crippen LogP contribution in [0.3, 0.4) is 0 Å². The Morgan fingerprint density at radius 3 is 2.52 bits per heavy atom. The number of aromatic nitrogens is 1. The van der Waals surface area contributed by atoms with E-state index in [9.17, 15) is 4.79 Å². The quantitative estimate of drug-likeness (QED) is 0.802. The zero-order valence-corrected chi connectivity index (χ0v) is 15.7. The second kappa shape index (κ2) is 9.34. The van der Waals surface area contributed by atoms with Crippen LogP contribution in [0.4, 0.5) is 0 Å². The van der Waals surface area contributed by atoms with Gasteiger partial charge in [-0.15, -0.1) is 0 Å². The zero-order valence-electron chi connectivity index (χ0n) is 15.7. The van der Waals surface area contributed by atoms with Gasteiger partial charge in [-0.3, -0.25) is 14.7 Å². The second-order valence-electron chi connectivity index (χ2n) is 6.26. The van der Waals surface area contributed by atoms with E-state index in [4.69, 9.17) is 14.2 Å². The molecule has 0 radical (unpaired) electrons. The van der Waals surface area contributed by atoms with E-state index < -0.39 is 0 Å². The van der Waals surface area contributed by atoms with Gasteiger partial charge in [0.2, 0.25) is 0 Å². The number of amides is 1. The number of nitrogens with one attached hydrogen (secondary N) is 1. The molecule has 1 amide bonds. The molecule has 1 N–H and O–H groups in total. The lowest BCUT2D eigenvalue weighted by atomic mass is 10.1. The van der Waals surface area contributed by atoms with Gasteiger partial charge >= 0.3 is 0 Å². The van der Waals surface area contributed by atoms with Crippen molar-refractivity contribution in [2.45, 2.75) is 6.04 Å². The summed E-state index contributed by atoms with van der Waals surface area (Å²) in [5.41, 5.74) is 1.57. The van der Waals surface area contributed by atoms with Gasteiger partial charge in [-0.05, 0) is 23.8 Å². The maximum atomic E-state index is 12.7. The fourth-order valence-electron chi connectivity index (χ4n) is 3.15. The Kier molecular flexibility index (Phi) is 6.62. The molecule has 1 aromatic heterocycles. The monoisotopic (exact) mass is 371 g/mol. The zero-order chi connectivity index (χ0) is 19.1. The lowest BCUT2D eigenvalue weighted by molar-refractivity contribution is 0.0161. The standard InChI is InChI=1S/C20H25N3O4/c1-25-17-10-16(11-18(12-17)26-2)20(24)22-14-19(15-4-3-5-21-13-15)23-6-8-27-9-7-23/h3-5,10-13,19H,6-9,14H2,1-2H3,(H,22,24). The second-order valence-corrected chi connectivity index (χ2v) is 6.26. The van der Waals surface area contributed by atoms with Crippen molar-refractivity contribution >= 4 is 5.91 Å². The molecule has 0 aliphatic carbocycles. The first kappa shape index (κ1) is 19.1. The summed E-state index contributed by atoms with van der Waals surface area (Å²) in [5.74, 6) is 0.988. The van der Waals surface area contributed by atoms with Crippen LogP contribution < -0.4 is 14.8 Å². The van der Waals surface area contributed by atoms with Crippen LogP contribution in [0.1, 0.15) is 22.0 Å². The van der Waals surface area contributed by atoms with Crippen LogP contribution in [-0.2, 0) is 4.74 Å². The van der Waals surface area contributed by atoms with E-state index in [1.54, 1.807) is 38.6 Å². The maximum Gasteiger partial charge on any atom is 0.251 e.